The molecule has 0 saturated carbocycles. The standard InChI is InChI=1S/C11H17N5O4/c1-20-3-2-8(11(18)19)13-10(17)9-6-16(15-14-9)7-4-12-5-7/h6-8,12H,2-5H2,1H3,(H,13,17)(H,18,19). The molecule has 0 radical (unpaired) electrons. The van der Waals surface area contributed by atoms with E-state index < -0.39 is 17.9 Å². The molecule has 1 saturated heterocycles. The van der Waals surface area contributed by atoms with Crippen molar-refractivity contribution in [1.29, 1.82) is 0 Å². The molecule has 1 aromatic rings. The Hall–Kier alpha value is -2.00. The van der Waals surface area contributed by atoms with Crippen LogP contribution in [0.25, 0.3) is 0 Å². The minimum absolute atomic E-state index is 0.112. The fourth-order valence-electron chi connectivity index (χ4n) is 1.74. The lowest BCUT2D eigenvalue weighted by Crippen LogP contribution is -2.43. The van der Waals surface area contributed by atoms with E-state index in [4.69, 9.17) is 9.84 Å². The minimum atomic E-state index is -1.11. The molecule has 0 aromatic carbocycles. The van der Waals surface area contributed by atoms with Crippen molar-refractivity contribution in [3.05, 3.63) is 11.9 Å². The Morgan fingerprint density at radius 1 is 1.65 bits per heavy atom. The van der Waals surface area contributed by atoms with Crippen molar-refractivity contribution >= 4 is 11.9 Å². The maximum atomic E-state index is 11.9. The number of carboxylic acid groups (broad SMARTS) is 1. The lowest BCUT2D eigenvalue weighted by Gasteiger charge is -2.26. The predicted molar refractivity (Wildman–Crippen MR) is 67.3 cm³/mol. The van der Waals surface area contributed by atoms with Crippen molar-refractivity contribution in [2.24, 2.45) is 0 Å². The van der Waals surface area contributed by atoms with Gasteiger partial charge in [0.1, 0.15) is 6.04 Å². The number of methoxy groups -OCH3 is 1. The summed E-state index contributed by atoms with van der Waals surface area (Å²) in [6, 6.07) is -0.800. The summed E-state index contributed by atoms with van der Waals surface area (Å²) in [7, 11) is 1.47. The summed E-state index contributed by atoms with van der Waals surface area (Å²) >= 11 is 0. The first-order chi connectivity index (χ1) is 9.61. The van der Waals surface area contributed by atoms with Crippen LogP contribution in [0.4, 0.5) is 0 Å². The number of aromatic nitrogens is 3. The largest absolute Gasteiger partial charge is 0.480 e. The molecule has 2 heterocycles. The summed E-state index contributed by atoms with van der Waals surface area (Å²) in [5, 5.41) is 22.1. The fraction of sp³-hybridized carbons (Fsp3) is 0.636. The SMILES string of the molecule is COCCC(NC(=O)c1cn(C2CNC2)nn1)C(=O)O. The van der Waals surface area contributed by atoms with Gasteiger partial charge in [-0.3, -0.25) is 4.79 Å². The van der Waals surface area contributed by atoms with Crippen LogP contribution in [-0.2, 0) is 9.53 Å². The van der Waals surface area contributed by atoms with Crippen molar-refractivity contribution in [2.45, 2.75) is 18.5 Å². The van der Waals surface area contributed by atoms with Crippen LogP contribution in [0.1, 0.15) is 23.0 Å². The molecule has 0 spiro atoms. The van der Waals surface area contributed by atoms with Gasteiger partial charge in [-0.15, -0.1) is 5.10 Å². The highest BCUT2D eigenvalue weighted by atomic mass is 16.5. The molecular formula is C11H17N5O4. The molecule has 1 aromatic heterocycles. The van der Waals surface area contributed by atoms with E-state index in [0.29, 0.717) is 0 Å². The molecule has 110 valence electrons. The van der Waals surface area contributed by atoms with Gasteiger partial charge in [-0.05, 0) is 0 Å². The summed E-state index contributed by atoms with van der Waals surface area (Å²) in [4.78, 5) is 22.9. The molecule has 1 atom stereocenters. The van der Waals surface area contributed by atoms with Crippen LogP contribution in [0.15, 0.2) is 6.20 Å². The number of nitrogens with one attached hydrogen (secondary N) is 2. The summed E-state index contributed by atoms with van der Waals surface area (Å²) in [6.45, 7) is 1.82. The van der Waals surface area contributed by atoms with E-state index in [0.717, 1.165) is 13.1 Å². The van der Waals surface area contributed by atoms with Crippen molar-refractivity contribution in [2.75, 3.05) is 26.8 Å². The summed E-state index contributed by atoms with van der Waals surface area (Å²) in [5.74, 6) is -1.65. The fourth-order valence-corrected chi connectivity index (χ4v) is 1.74. The van der Waals surface area contributed by atoms with Crippen LogP contribution < -0.4 is 10.6 Å². The van der Waals surface area contributed by atoms with Crippen LogP contribution in [-0.4, -0.2) is 64.8 Å². The number of amides is 1. The molecule has 9 nitrogen and oxygen atoms in total. The number of carbonyl (C=O) groups excluding carboxylic acids is 1. The van der Waals surface area contributed by atoms with Gasteiger partial charge in [-0.2, -0.15) is 0 Å². The first kappa shape index (κ1) is 14.4. The normalized spacial score (nSPS) is 16.4. The number of carboxylic acids is 1. The Bertz CT molecular complexity index is 485. The van der Waals surface area contributed by atoms with E-state index in [1.165, 1.54) is 13.3 Å². The lowest BCUT2D eigenvalue weighted by molar-refractivity contribution is -0.139. The second-order valence-corrected chi connectivity index (χ2v) is 4.54. The Morgan fingerprint density at radius 2 is 2.40 bits per heavy atom. The molecular weight excluding hydrogens is 266 g/mol. The van der Waals surface area contributed by atoms with Crippen molar-refractivity contribution in [3.8, 4) is 0 Å². The molecule has 1 aliphatic heterocycles. The molecule has 1 fully saturated rings. The maximum absolute atomic E-state index is 11.9. The number of carbonyl (C=O) groups is 2. The highest BCUT2D eigenvalue weighted by molar-refractivity contribution is 5.94. The molecule has 0 bridgehead atoms. The number of hydrogen-bond donors (Lipinski definition) is 3. The smallest absolute Gasteiger partial charge is 0.326 e. The first-order valence-corrected chi connectivity index (χ1v) is 6.27. The number of nitrogens with zero attached hydrogens (tertiary/aromatic N) is 3. The van der Waals surface area contributed by atoms with E-state index in [1.807, 2.05) is 0 Å². The van der Waals surface area contributed by atoms with E-state index >= 15 is 0 Å². The second-order valence-electron chi connectivity index (χ2n) is 4.54. The van der Waals surface area contributed by atoms with E-state index in [1.54, 1.807) is 4.68 Å². The number of aliphatic carboxylic acids is 1. The van der Waals surface area contributed by atoms with Crippen LogP contribution in [0.2, 0.25) is 0 Å². The molecule has 1 amide bonds. The zero-order valence-electron chi connectivity index (χ0n) is 11.1. The molecule has 1 unspecified atom stereocenters. The van der Waals surface area contributed by atoms with Gasteiger partial charge in [0.15, 0.2) is 5.69 Å². The lowest BCUT2D eigenvalue weighted by atomic mass is 10.2. The van der Waals surface area contributed by atoms with E-state index in [9.17, 15) is 9.59 Å². The third kappa shape index (κ3) is 3.31. The third-order valence-electron chi connectivity index (χ3n) is 3.09. The predicted octanol–water partition coefficient (Wildman–Crippen LogP) is -1.36. The van der Waals surface area contributed by atoms with Gasteiger partial charge >= 0.3 is 5.97 Å². The van der Waals surface area contributed by atoms with Gasteiger partial charge in [0, 0.05) is 33.2 Å². The monoisotopic (exact) mass is 283 g/mol. The van der Waals surface area contributed by atoms with Gasteiger partial charge in [0.2, 0.25) is 0 Å². The Balaban J connectivity index is 1.95. The Kier molecular flexibility index (Phi) is 4.64. The van der Waals surface area contributed by atoms with Crippen LogP contribution in [0.3, 0.4) is 0 Å². The molecule has 9 heteroatoms. The molecule has 20 heavy (non-hydrogen) atoms. The summed E-state index contributed by atoms with van der Waals surface area (Å²) in [6.07, 6.45) is 1.72. The van der Waals surface area contributed by atoms with Crippen LogP contribution >= 0.6 is 0 Å². The molecule has 3 N–H and O–H groups in total. The molecule has 0 aliphatic carbocycles. The Morgan fingerprint density at radius 3 is 2.95 bits per heavy atom. The van der Waals surface area contributed by atoms with Crippen molar-refractivity contribution in [1.82, 2.24) is 25.6 Å². The van der Waals surface area contributed by atoms with Gasteiger partial charge in [0.25, 0.3) is 5.91 Å². The topological polar surface area (TPSA) is 118 Å². The molecule has 1 aliphatic rings. The van der Waals surface area contributed by atoms with Crippen molar-refractivity contribution < 1.29 is 19.4 Å². The number of hydrogen-bond acceptors (Lipinski definition) is 6. The molecule has 2 rings (SSSR count). The maximum Gasteiger partial charge on any atom is 0.326 e. The number of rotatable bonds is 7. The zero-order chi connectivity index (χ0) is 14.5. The Labute approximate surface area is 115 Å². The average molecular weight is 283 g/mol. The highest BCUT2D eigenvalue weighted by Crippen LogP contribution is 2.09. The van der Waals surface area contributed by atoms with Gasteiger partial charge in [-0.25, -0.2) is 9.48 Å². The van der Waals surface area contributed by atoms with E-state index in [-0.39, 0.29) is 24.8 Å². The number of ether oxygens (including phenoxy) is 1. The van der Waals surface area contributed by atoms with E-state index in [2.05, 4.69) is 20.9 Å². The van der Waals surface area contributed by atoms with Gasteiger partial charge in [0.05, 0.1) is 12.2 Å². The zero-order valence-corrected chi connectivity index (χ0v) is 11.1. The third-order valence-corrected chi connectivity index (χ3v) is 3.09. The summed E-state index contributed by atoms with van der Waals surface area (Å²) in [5.41, 5.74) is 0.112. The van der Waals surface area contributed by atoms with Gasteiger partial charge in [-0.1, -0.05) is 5.21 Å². The minimum Gasteiger partial charge on any atom is -0.480 e. The summed E-state index contributed by atoms with van der Waals surface area (Å²) < 4.78 is 6.42. The average Bonchev–Trinajstić information content (AvgIpc) is 2.81. The quantitative estimate of drug-likeness (QED) is 0.565. The van der Waals surface area contributed by atoms with Crippen molar-refractivity contribution in [3.63, 3.8) is 0 Å². The van der Waals surface area contributed by atoms with Crippen LogP contribution in [0, 0.1) is 0 Å². The van der Waals surface area contributed by atoms with Gasteiger partial charge < -0.3 is 20.5 Å². The second kappa shape index (κ2) is 6.44. The highest BCUT2D eigenvalue weighted by Gasteiger charge is 2.24. The van der Waals surface area contributed by atoms with Crippen LogP contribution in [0.5, 0.6) is 0 Å². The first-order valence-electron chi connectivity index (χ1n) is 6.27.